The van der Waals surface area contributed by atoms with Crippen LogP contribution in [0.3, 0.4) is 0 Å². The number of pyridine rings is 1. The van der Waals surface area contributed by atoms with E-state index in [4.69, 9.17) is 9.72 Å². The zero-order chi connectivity index (χ0) is 26.6. The molecule has 202 valence electrons. The number of carbonyl (C=O) groups is 1. The number of hydrogen-bond acceptors (Lipinski definition) is 8. The highest BCUT2D eigenvalue weighted by Crippen LogP contribution is 2.21. The monoisotopic (exact) mass is 518 g/mol. The molecule has 0 saturated carbocycles. The van der Waals surface area contributed by atoms with Crippen LogP contribution in [0.5, 0.6) is 0 Å². The van der Waals surface area contributed by atoms with Gasteiger partial charge < -0.3 is 25.4 Å². The number of benzene rings is 1. The molecule has 1 aliphatic heterocycles. The lowest BCUT2D eigenvalue weighted by atomic mass is 10.1. The molecule has 2 aromatic heterocycles. The highest BCUT2D eigenvalue weighted by molar-refractivity contribution is 5.77. The molecule has 0 bridgehead atoms. The third-order valence-corrected chi connectivity index (χ3v) is 6.81. The minimum atomic E-state index is -0.899. The number of nitrogens with one attached hydrogen (secondary N) is 2. The van der Waals surface area contributed by atoms with Crippen LogP contribution in [0, 0.1) is 0 Å². The van der Waals surface area contributed by atoms with Crippen LogP contribution in [0.1, 0.15) is 36.9 Å². The summed E-state index contributed by atoms with van der Waals surface area (Å²) in [5.74, 6) is 0.646. The molecule has 4 rings (SSSR count). The molecule has 1 atom stereocenters. The van der Waals surface area contributed by atoms with Gasteiger partial charge in [0.15, 0.2) is 0 Å². The zero-order valence-electron chi connectivity index (χ0n) is 22.1. The number of aliphatic carboxylic acids is 1. The Hall–Kier alpha value is -3.56. The molecular formula is C29H38N6O3. The summed E-state index contributed by atoms with van der Waals surface area (Å²) in [5.41, 5.74) is 4.14. The van der Waals surface area contributed by atoms with Gasteiger partial charge in [-0.2, -0.15) is 0 Å². The lowest BCUT2D eigenvalue weighted by molar-refractivity contribution is -0.138. The van der Waals surface area contributed by atoms with Crippen molar-refractivity contribution in [2.75, 3.05) is 50.5 Å². The molecule has 3 N–H and O–H groups in total. The van der Waals surface area contributed by atoms with Crippen molar-refractivity contribution in [1.29, 1.82) is 0 Å². The van der Waals surface area contributed by atoms with Crippen molar-refractivity contribution < 1.29 is 14.6 Å². The highest BCUT2D eigenvalue weighted by atomic mass is 16.5. The smallest absolute Gasteiger partial charge is 0.326 e. The molecule has 0 saturated heterocycles. The first-order valence-electron chi connectivity index (χ1n) is 13.4. The Morgan fingerprint density at radius 3 is 2.82 bits per heavy atom. The molecule has 9 nitrogen and oxygen atoms in total. The van der Waals surface area contributed by atoms with Crippen molar-refractivity contribution in [3.8, 4) is 11.3 Å². The van der Waals surface area contributed by atoms with Crippen LogP contribution < -0.4 is 10.6 Å². The van der Waals surface area contributed by atoms with Gasteiger partial charge >= 0.3 is 5.97 Å². The number of fused-ring (bicyclic) bond motifs is 1. The summed E-state index contributed by atoms with van der Waals surface area (Å²) in [6.45, 7) is 3.89. The second kappa shape index (κ2) is 14.4. The van der Waals surface area contributed by atoms with Crippen molar-refractivity contribution in [3.63, 3.8) is 0 Å². The van der Waals surface area contributed by atoms with Crippen LogP contribution in [0.4, 0.5) is 11.6 Å². The van der Waals surface area contributed by atoms with Crippen LogP contribution in [0.15, 0.2) is 54.9 Å². The number of aryl methyl sites for hydroxylation is 2. The quantitative estimate of drug-likeness (QED) is 0.256. The minimum Gasteiger partial charge on any atom is -0.480 e. The molecule has 0 fully saturated rings. The van der Waals surface area contributed by atoms with Gasteiger partial charge in [-0.1, -0.05) is 36.4 Å². The predicted octanol–water partition coefficient (Wildman–Crippen LogP) is 4.12. The van der Waals surface area contributed by atoms with Crippen LogP contribution >= 0.6 is 0 Å². The Morgan fingerprint density at radius 1 is 1.13 bits per heavy atom. The summed E-state index contributed by atoms with van der Waals surface area (Å²) in [5, 5.41) is 16.4. The molecule has 1 aliphatic rings. The number of methoxy groups -OCH3 is 1. The van der Waals surface area contributed by atoms with Gasteiger partial charge in [0.1, 0.15) is 24.0 Å². The normalized spacial score (nSPS) is 13.5. The molecule has 1 aromatic carbocycles. The average molecular weight is 519 g/mol. The first kappa shape index (κ1) is 27.5. The molecular weight excluding hydrogens is 480 g/mol. The number of ether oxygens (including phenoxy) is 1. The van der Waals surface area contributed by atoms with Gasteiger partial charge in [0.25, 0.3) is 0 Å². The maximum Gasteiger partial charge on any atom is 0.326 e. The molecule has 1 unspecified atom stereocenters. The fourth-order valence-corrected chi connectivity index (χ4v) is 4.66. The van der Waals surface area contributed by atoms with Gasteiger partial charge in [-0.15, -0.1) is 0 Å². The number of anilines is 2. The Balaban J connectivity index is 1.28. The van der Waals surface area contributed by atoms with Gasteiger partial charge in [-0.25, -0.2) is 19.7 Å². The van der Waals surface area contributed by atoms with E-state index in [2.05, 4.69) is 37.6 Å². The van der Waals surface area contributed by atoms with Gasteiger partial charge in [-0.3, -0.25) is 0 Å². The maximum absolute atomic E-state index is 12.0. The molecule has 9 heteroatoms. The van der Waals surface area contributed by atoms with E-state index in [1.54, 1.807) is 13.2 Å². The second-order valence-electron chi connectivity index (χ2n) is 9.61. The summed E-state index contributed by atoms with van der Waals surface area (Å²) in [6, 6.07) is 15.1. The lowest BCUT2D eigenvalue weighted by Gasteiger charge is -2.24. The van der Waals surface area contributed by atoms with E-state index >= 15 is 0 Å². The fourth-order valence-electron chi connectivity index (χ4n) is 4.66. The number of rotatable bonds is 15. The van der Waals surface area contributed by atoms with Crippen LogP contribution in [0.2, 0.25) is 0 Å². The van der Waals surface area contributed by atoms with Crippen molar-refractivity contribution >= 4 is 17.6 Å². The minimum absolute atomic E-state index is 0.446. The van der Waals surface area contributed by atoms with Crippen molar-refractivity contribution in [3.05, 3.63) is 66.1 Å². The topological polar surface area (TPSA) is 113 Å². The van der Waals surface area contributed by atoms with E-state index in [1.807, 2.05) is 30.3 Å². The Morgan fingerprint density at radius 2 is 2.00 bits per heavy atom. The summed E-state index contributed by atoms with van der Waals surface area (Å²) < 4.78 is 5.30. The van der Waals surface area contributed by atoms with Gasteiger partial charge in [0.05, 0.1) is 12.3 Å². The molecule has 0 spiro atoms. The van der Waals surface area contributed by atoms with Gasteiger partial charge in [0.2, 0.25) is 0 Å². The van der Waals surface area contributed by atoms with E-state index in [9.17, 15) is 9.90 Å². The van der Waals surface area contributed by atoms with Crippen molar-refractivity contribution in [2.45, 2.75) is 44.6 Å². The Kier molecular flexibility index (Phi) is 10.4. The van der Waals surface area contributed by atoms with Crippen molar-refractivity contribution in [2.24, 2.45) is 0 Å². The van der Waals surface area contributed by atoms with Crippen LogP contribution in [0.25, 0.3) is 11.3 Å². The first-order chi connectivity index (χ1) is 18.6. The molecule has 3 heterocycles. The number of aromatic nitrogens is 3. The standard InChI is InChI=1S/C29H38N6O3/c1-38-19-18-35(16-6-5-11-24-13-12-23-10-7-15-30-28(23)33-24)17-14-25(29(36)37)34-27-20-26(31-21-32-27)22-8-3-2-4-9-22/h2-4,8-9,12-13,20-21,25H,5-7,10-11,14-19H2,1H3,(H,30,33)(H,36,37)(H,31,32,34). The molecule has 0 radical (unpaired) electrons. The first-order valence-corrected chi connectivity index (χ1v) is 13.4. The number of nitrogens with zero attached hydrogens (tertiary/aromatic N) is 4. The zero-order valence-corrected chi connectivity index (χ0v) is 22.1. The number of carboxylic acids is 1. The van der Waals surface area contributed by atoms with E-state index in [1.165, 1.54) is 11.9 Å². The second-order valence-corrected chi connectivity index (χ2v) is 9.61. The average Bonchev–Trinajstić information content (AvgIpc) is 2.96. The molecule has 38 heavy (non-hydrogen) atoms. The summed E-state index contributed by atoms with van der Waals surface area (Å²) >= 11 is 0. The lowest BCUT2D eigenvalue weighted by Crippen LogP contribution is -2.36. The number of hydrogen-bond donors (Lipinski definition) is 3. The van der Waals surface area contributed by atoms with E-state index in [-0.39, 0.29) is 0 Å². The van der Waals surface area contributed by atoms with E-state index in [0.29, 0.717) is 25.4 Å². The molecule has 0 aliphatic carbocycles. The summed E-state index contributed by atoms with van der Waals surface area (Å²) in [4.78, 5) is 27.7. The molecule has 3 aromatic rings. The predicted molar refractivity (Wildman–Crippen MR) is 149 cm³/mol. The van der Waals surface area contributed by atoms with Crippen LogP contribution in [-0.4, -0.2) is 76.9 Å². The Labute approximate surface area is 224 Å². The summed E-state index contributed by atoms with van der Waals surface area (Å²) in [6.07, 6.45) is 7.14. The fraction of sp³-hybridized carbons (Fsp3) is 0.448. The van der Waals surface area contributed by atoms with E-state index in [0.717, 1.165) is 74.5 Å². The molecule has 0 amide bonds. The van der Waals surface area contributed by atoms with Crippen molar-refractivity contribution in [1.82, 2.24) is 19.9 Å². The van der Waals surface area contributed by atoms with Gasteiger partial charge in [-0.05, 0) is 56.7 Å². The van der Waals surface area contributed by atoms with Gasteiger partial charge in [0, 0.05) is 44.1 Å². The highest BCUT2D eigenvalue weighted by Gasteiger charge is 2.20. The number of carboxylic acid groups (broad SMARTS) is 1. The Bertz CT molecular complexity index is 1160. The largest absolute Gasteiger partial charge is 0.480 e. The van der Waals surface area contributed by atoms with Crippen LogP contribution in [-0.2, 0) is 22.4 Å². The SMILES string of the molecule is COCCN(CCCCc1ccc2c(n1)NCCC2)CCC(Nc1cc(-c2ccccc2)ncn1)C(=O)O. The third kappa shape index (κ3) is 8.22. The summed E-state index contributed by atoms with van der Waals surface area (Å²) in [7, 11) is 1.69. The maximum atomic E-state index is 12.0. The van der Waals surface area contributed by atoms with E-state index < -0.39 is 12.0 Å². The number of unbranched alkanes of at least 4 members (excludes halogenated alkanes) is 1. The third-order valence-electron chi connectivity index (χ3n) is 6.81.